The van der Waals surface area contributed by atoms with E-state index >= 15 is 0 Å². The van der Waals surface area contributed by atoms with Crippen molar-refractivity contribution in [2.75, 3.05) is 13.2 Å². The van der Waals surface area contributed by atoms with E-state index in [1.165, 1.54) is 0 Å². The summed E-state index contributed by atoms with van der Waals surface area (Å²) in [6, 6.07) is 3.84. The molecule has 2 aromatic heterocycles. The van der Waals surface area contributed by atoms with Crippen LogP contribution in [0.3, 0.4) is 0 Å². The van der Waals surface area contributed by atoms with E-state index in [4.69, 9.17) is 27.9 Å². The van der Waals surface area contributed by atoms with Gasteiger partial charge in [-0.25, -0.2) is 4.98 Å². The van der Waals surface area contributed by atoms with Gasteiger partial charge < -0.3 is 9.30 Å². The first kappa shape index (κ1) is 11.3. The summed E-state index contributed by atoms with van der Waals surface area (Å²) in [6.45, 7) is 2.65. The minimum Gasteiger partial charge on any atom is -0.381 e. The van der Waals surface area contributed by atoms with Gasteiger partial charge in [0.15, 0.2) is 0 Å². The number of ether oxygens (including phenoxy) is 1. The molecule has 0 N–H and O–H groups in total. The molecule has 1 unspecified atom stereocenters. The maximum absolute atomic E-state index is 6.06. The van der Waals surface area contributed by atoms with Crippen molar-refractivity contribution in [1.29, 1.82) is 0 Å². The minimum atomic E-state index is 0.435. The Labute approximate surface area is 109 Å². The Kier molecular flexibility index (Phi) is 2.99. The van der Waals surface area contributed by atoms with Crippen LogP contribution in [0.4, 0.5) is 0 Å². The second kappa shape index (κ2) is 4.48. The van der Waals surface area contributed by atoms with Crippen LogP contribution in [0.1, 0.15) is 6.42 Å². The van der Waals surface area contributed by atoms with Gasteiger partial charge in [-0.1, -0.05) is 23.2 Å². The summed E-state index contributed by atoms with van der Waals surface area (Å²) < 4.78 is 7.56. The molecule has 3 rings (SSSR count). The van der Waals surface area contributed by atoms with Gasteiger partial charge in [-0.3, -0.25) is 0 Å². The van der Waals surface area contributed by atoms with Gasteiger partial charge >= 0.3 is 0 Å². The molecule has 1 aliphatic heterocycles. The zero-order valence-corrected chi connectivity index (χ0v) is 10.7. The molecule has 0 radical (unpaired) electrons. The van der Waals surface area contributed by atoms with Crippen LogP contribution in [0.2, 0.25) is 10.3 Å². The molecule has 1 saturated heterocycles. The first-order valence-electron chi connectivity index (χ1n) is 5.62. The fourth-order valence-corrected chi connectivity index (χ4v) is 2.77. The van der Waals surface area contributed by atoms with E-state index in [0.717, 1.165) is 37.1 Å². The molecule has 17 heavy (non-hydrogen) atoms. The number of halogens is 2. The SMILES string of the molecule is Clc1cc2c(ccn2CC2CCOC2)c(Cl)n1. The first-order valence-corrected chi connectivity index (χ1v) is 6.38. The molecule has 2 aromatic rings. The fourth-order valence-electron chi connectivity index (χ4n) is 2.28. The third kappa shape index (κ3) is 2.15. The number of rotatable bonds is 2. The van der Waals surface area contributed by atoms with Crippen LogP contribution in [0.25, 0.3) is 10.9 Å². The number of fused-ring (bicyclic) bond motifs is 1. The summed E-state index contributed by atoms with van der Waals surface area (Å²) in [5.41, 5.74) is 1.04. The van der Waals surface area contributed by atoms with Crippen molar-refractivity contribution in [3.05, 3.63) is 28.6 Å². The maximum atomic E-state index is 6.06. The lowest BCUT2D eigenvalue weighted by Crippen LogP contribution is -2.09. The third-order valence-corrected chi connectivity index (χ3v) is 3.65. The Morgan fingerprint density at radius 1 is 1.47 bits per heavy atom. The van der Waals surface area contributed by atoms with Crippen molar-refractivity contribution in [1.82, 2.24) is 9.55 Å². The molecular formula is C12H12Cl2N2O. The monoisotopic (exact) mass is 270 g/mol. The molecule has 1 fully saturated rings. The minimum absolute atomic E-state index is 0.435. The number of aromatic nitrogens is 2. The van der Waals surface area contributed by atoms with E-state index in [-0.39, 0.29) is 0 Å². The molecule has 1 aliphatic rings. The Bertz CT molecular complexity index is 547. The lowest BCUT2D eigenvalue weighted by atomic mass is 10.1. The molecule has 3 heterocycles. The summed E-state index contributed by atoms with van der Waals surface area (Å²) >= 11 is 12.0. The Hall–Kier alpha value is -0.770. The van der Waals surface area contributed by atoms with Crippen molar-refractivity contribution in [2.45, 2.75) is 13.0 Å². The number of hydrogen-bond acceptors (Lipinski definition) is 2. The number of pyridine rings is 1. The van der Waals surface area contributed by atoms with Gasteiger partial charge in [-0.15, -0.1) is 0 Å². The van der Waals surface area contributed by atoms with Gasteiger partial charge in [0.2, 0.25) is 0 Å². The van der Waals surface area contributed by atoms with Gasteiger partial charge in [-0.05, 0) is 18.6 Å². The van der Waals surface area contributed by atoms with Crippen molar-refractivity contribution < 1.29 is 4.74 Å². The molecule has 0 bridgehead atoms. The van der Waals surface area contributed by atoms with Crippen LogP contribution in [0.15, 0.2) is 18.3 Å². The van der Waals surface area contributed by atoms with Crippen LogP contribution in [-0.4, -0.2) is 22.8 Å². The lowest BCUT2D eigenvalue weighted by Gasteiger charge is -2.10. The van der Waals surface area contributed by atoms with Crippen LogP contribution in [-0.2, 0) is 11.3 Å². The number of hydrogen-bond donors (Lipinski definition) is 0. The quantitative estimate of drug-likeness (QED) is 0.783. The van der Waals surface area contributed by atoms with E-state index < -0.39 is 0 Å². The van der Waals surface area contributed by atoms with E-state index in [1.54, 1.807) is 0 Å². The van der Waals surface area contributed by atoms with E-state index in [9.17, 15) is 0 Å². The summed E-state index contributed by atoms with van der Waals surface area (Å²) in [6.07, 6.45) is 3.15. The van der Waals surface area contributed by atoms with Gasteiger partial charge in [0.05, 0.1) is 12.1 Å². The molecular weight excluding hydrogens is 259 g/mol. The normalized spacial score (nSPS) is 20.2. The molecule has 0 spiro atoms. The fraction of sp³-hybridized carbons (Fsp3) is 0.417. The van der Waals surface area contributed by atoms with Crippen molar-refractivity contribution in [2.24, 2.45) is 5.92 Å². The molecule has 3 nitrogen and oxygen atoms in total. The smallest absolute Gasteiger partial charge is 0.140 e. The van der Waals surface area contributed by atoms with Crippen LogP contribution < -0.4 is 0 Å². The highest BCUT2D eigenvalue weighted by Crippen LogP contribution is 2.27. The van der Waals surface area contributed by atoms with Crippen molar-refractivity contribution >= 4 is 34.1 Å². The van der Waals surface area contributed by atoms with E-state index in [1.807, 2.05) is 18.3 Å². The van der Waals surface area contributed by atoms with Crippen molar-refractivity contribution in [3.63, 3.8) is 0 Å². The van der Waals surface area contributed by atoms with Gasteiger partial charge in [0, 0.05) is 30.7 Å². The molecule has 1 atom stereocenters. The van der Waals surface area contributed by atoms with E-state index in [2.05, 4.69) is 9.55 Å². The summed E-state index contributed by atoms with van der Waals surface area (Å²) in [5, 5.41) is 1.86. The zero-order valence-electron chi connectivity index (χ0n) is 9.20. The van der Waals surface area contributed by atoms with E-state index in [0.29, 0.717) is 16.2 Å². The highest BCUT2D eigenvalue weighted by Gasteiger charge is 2.17. The first-order chi connectivity index (χ1) is 8.24. The van der Waals surface area contributed by atoms with Crippen LogP contribution in [0.5, 0.6) is 0 Å². The van der Waals surface area contributed by atoms with Crippen LogP contribution >= 0.6 is 23.2 Å². The zero-order chi connectivity index (χ0) is 11.8. The molecule has 0 saturated carbocycles. The van der Waals surface area contributed by atoms with Gasteiger partial charge in [0.1, 0.15) is 10.3 Å². The van der Waals surface area contributed by atoms with Gasteiger partial charge in [0.25, 0.3) is 0 Å². The maximum Gasteiger partial charge on any atom is 0.140 e. The summed E-state index contributed by atoms with van der Waals surface area (Å²) in [5.74, 6) is 0.580. The topological polar surface area (TPSA) is 27.1 Å². The molecule has 0 amide bonds. The van der Waals surface area contributed by atoms with Gasteiger partial charge in [-0.2, -0.15) is 0 Å². The second-order valence-corrected chi connectivity index (χ2v) is 5.11. The van der Waals surface area contributed by atoms with Crippen LogP contribution in [0, 0.1) is 5.92 Å². The number of nitrogens with zero attached hydrogens (tertiary/aromatic N) is 2. The largest absolute Gasteiger partial charge is 0.381 e. The Morgan fingerprint density at radius 2 is 2.35 bits per heavy atom. The molecule has 90 valence electrons. The second-order valence-electron chi connectivity index (χ2n) is 4.37. The third-order valence-electron chi connectivity index (χ3n) is 3.17. The molecule has 5 heteroatoms. The Morgan fingerprint density at radius 3 is 3.12 bits per heavy atom. The predicted molar refractivity (Wildman–Crippen MR) is 68.7 cm³/mol. The molecule has 0 aromatic carbocycles. The Balaban J connectivity index is 1.99. The highest BCUT2D eigenvalue weighted by molar-refractivity contribution is 6.36. The average Bonchev–Trinajstić information content (AvgIpc) is 2.89. The summed E-state index contributed by atoms with van der Waals surface area (Å²) in [7, 11) is 0. The average molecular weight is 271 g/mol. The predicted octanol–water partition coefficient (Wildman–Crippen LogP) is 3.38. The highest BCUT2D eigenvalue weighted by atomic mass is 35.5. The summed E-state index contributed by atoms with van der Waals surface area (Å²) in [4.78, 5) is 4.04. The molecule has 0 aliphatic carbocycles. The standard InChI is InChI=1S/C12H12Cl2N2O/c13-11-5-10-9(12(14)15-11)1-3-16(10)6-8-2-4-17-7-8/h1,3,5,8H,2,4,6-7H2. The van der Waals surface area contributed by atoms with Crippen molar-refractivity contribution in [3.8, 4) is 0 Å². The lowest BCUT2D eigenvalue weighted by molar-refractivity contribution is 0.183.